The van der Waals surface area contributed by atoms with Gasteiger partial charge in [0.25, 0.3) is 0 Å². The molecule has 0 saturated carbocycles. The molecule has 3 N–H and O–H groups in total. The van der Waals surface area contributed by atoms with Crippen molar-refractivity contribution in [1.82, 2.24) is 4.98 Å². The van der Waals surface area contributed by atoms with Gasteiger partial charge in [0.2, 0.25) is 0 Å². The van der Waals surface area contributed by atoms with Gasteiger partial charge in [-0.15, -0.1) is 0 Å². The average molecular weight is 296 g/mol. The second-order valence-electron chi connectivity index (χ2n) is 3.97. The number of benzene rings is 1. The number of pyridine rings is 1. The molecule has 0 saturated heterocycles. The van der Waals surface area contributed by atoms with Crippen molar-refractivity contribution in [2.75, 3.05) is 5.32 Å². The van der Waals surface area contributed by atoms with Crippen LogP contribution in [0.1, 0.15) is 11.3 Å². The molecule has 2 rings (SSSR count). The van der Waals surface area contributed by atoms with E-state index < -0.39 is 5.82 Å². The Balaban J connectivity index is 2.41. The highest BCUT2D eigenvalue weighted by molar-refractivity contribution is 7.80. The van der Waals surface area contributed by atoms with E-state index in [2.05, 4.69) is 10.3 Å². The number of hydrogen-bond acceptors (Lipinski definition) is 3. The number of nitrogens with zero attached hydrogens (tertiary/aromatic N) is 1. The van der Waals surface area contributed by atoms with E-state index in [1.54, 1.807) is 25.1 Å². The van der Waals surface area contributed by atoms with Gasteiger partial charge in [-0.3, -0.25) is 0 Å². The summed E-state index contributed by atoms with van der Waals surface area (Å²) in [6, 6.07) is 7.86. The van der Waals surface area contributed by atoms with Gasteiger partial charge in [-0.05, 0) is 31.2 Å². The van der Waals surface area contributed by atoms with E-state index >= 15 is 0 Å². The number of nitrogens with two attached hydrogens (primary N) is 1. The second-order valence-corrected chi connectivity index (χ2v) is 4.82. The first-order valence-corrected chi connectivity index (χ1v) is 6.25. The maximum absolute atomic E-state index is 13.7. The Hall–Kier alpha value is -1.72. The smallest absolute Gasteiger partial charge is 0.148 e. The maximum Gasteiger partial charge on any atom is 0.148 e. The number of rotatable bonds is 3. The topological polar surface area (TPSA) is 50.9 Å². The number of halogens is 2. The third-order valence-electron chi connectivity index (χ3n) is 2.45. The van der Waals surface area contributed by atoms with Crippen LogP contribution in [0.5, 0.6) is 0 Å². The Bertz CT molecular complexity index is 626. The quantitative estimate of drug-likeness (QED) is 0.850. The summed E-state index contributed by atoms with van der Waals surface area (Å²) >= 11 is 10.9. The van der Waals surface area contributed by atoms with Crippen molar-refractivity contribution in [3.05, 3.63) is 52.4 Å². The van der Waals surface area contributed by atoms with Gasteiger partial charge in [0.1, 0.15) is 16.6 Å². The van der Waals surface area contributed by atoms with Crippen molar-refractivity contribution in [2.45, 2.75) is 6.92 Å². The zero-order chi connectivity index (χ0) is 14.0. The van der Waals surface area contributed by atoms with Crippen LogP contribution in [0.15, 0.2) is 30.3 Å². The minimum Gasteiger partial charge on any atom is -0.389 e. The van der Waals surface area contributed by atoms with Gasteiger partial charge in [-0.2, -0.15) is 0 Å². The first kappa shape index (κ1) is 13.7. The van der Waals surface area contributed by atoms with Gasteiger partial charge in [0, 0.05) is 11.3 Å². The molecule has 1 heterocycles. The molecule has 0 bridgehead atoms. The predicted molar refractivity (Wildman–Crippen MR) is 79.6 cm³/mol. The second kappa shape index (κ2) is 5.50. The Morgan fingerprint density at radius 1 is 1.42 bits per heavy atom. The first-order valence-electron chi connectivity index (χ1n) is 5.47. The van der Waals surface area contributed by atoms with Crippen LogP contribution in [0.4, 0.5) is 15.9 Å². The van der Waals surface area contributed by atoms with Crippen molar-refractivity contribution in [2.24, 2.45) is 5.73 Å². The van der Waals surface area contributed by atoms with Crippen LogP contribution in [-0.4, -0.2) is 9.97 Å². The highest BCUT2D eigenvalue weighted by Crippen LogP contribution is 2.27. The van der Waals surface area contributed by atoms with Gasteiger partial charge in [-0.1, -0.05) is 29.9 Å². The SMILES string of the molecule is Cc1cc(C(N)=S)cc(Nc2c(F)cccc2Cl)n1. The summed E-state index contributed by atoms with van der Waals surface area (Å²) in [5.74, 6) is -0.0116. The number of para-hydroxylation sites is 1. The molecule has 0 aliphatic rings. The summed E-state index contributed by atoms with van der Waals surface area (Å²) in [4.78, 5) is 4.50. The lowest BCUT2D eigenvalue weighted by molar-refractivity contribution is 0.632. The molecule has 0 fully saturated rings. The van der Waals surface area contributed by atoms with Crippen LogP contribution in [0.2, 0.25) is 5.02 Å². The largest absolute Gasteiger partial charge is 0.389 e. The van der Waals surface area contributed by atoms with Crippen LogP contribution >= 0.6 is 23.8 Å². The zero-order valence-electron chi connectivity index (χ0n) is 10.1. The Labute approximate surface area is 120 Å². The first-order chi connectivity index (χ1) is 8.97. The third kappa shape index (κ3) is 3.19. The highest BCUT2D eigenvalue weighted by atomic mass is 35.5. The molecule has 6 heteroatoms. The number of anilines is 2. The molecule has 0 unspecified atom stereocenters. The normalized spacial score (nSPS) is 10.3. The van der Waals surface area contributed by atoms with Gasteiger partial charge in [0.15, 0.2) is 0 Å². The van der Waals surface area contributed by atoms with Crippen molar-refractivity contribution in [3.63, 3.8) is 0 Å². The van der Waals surface area contributed by atoms with Gasteiger partial charge >= 0.3 is 0 Å². The Morgan fingerprint density at radius 2 is 2.16 bits per heavy atom. The standard InChI is InChI=1S/C13H11ClFN3S/c1-7-5-8(13(16)19)6-11(17-7)18-12-9(14)3-2-4-10(12)15/h2-6H,1H3,(H2,16,19)(H,17,18). The summed E-state index contributed by atoms with van der Waals surface area (Å²) in [5.41, 5.74) is 7.14. The van der Waals surface area contributed by atoms with Crippen LogP contribution in [-0.2, 0) is 0 Å². The van der Waals surface area contributed by atoms with E-state index in [0.29, 0.717) is 11.4 Å². The predicted octanol–water partition coefficient (Wildman–Crippen LogP) is 3.56. The van der Waals surface area contributed by atoms with E-state index in [4.69, 9.17) is 29.6 Å². The molecule has 0 radical (unpaired) electrons. The van der Waals surface area contributed by atoms with Crippen molar-refractivity contribution in [3.8, 4) is 0 Å². The lowest BCUT2D eigenvalue weighted by Gasteiger charge is -2.10. The van der Waals surface area contributed by atoms with E-state index in [1.165, 1.54) is 12.1 Å². The molecule has 98 valence electrons. The van der Waals surface area contributed by atoms with Gasteiger partial charge in [-0.25, -0.2) is 9.37 Å². The van der Waals surface area contributed by atoms with Crippen LogP contribution in [0, 0.1) is 12.7 Å². The van der Waals surface area contributed by atoms with E-state index in [-0.39, 0.29) is 15.7 Å². The van der Waals surface area contributed by atoms with Crippen molar-refractivity contribution < 1.29 is 4.39 Å². The highest BCUT2D eigenvalue weighted by Gasteiger charge is 2.09. The Kier molecular flexibility index (Phi) is 3.97. The number of hydrogen-bond donors (Lipinski definition) is 2. The average Bonchev–Trinajstić information content (AvgIpc) is 2.33. The molecule has 0 aliphatic heterocycles. The lowest BCUT2D eigenvalue weighted by Crippen LogP contribution is -2.11. The minimum atomic E-state index is -0.451. The number of aryl methyl sites for hydroxylation is 1. The zero-order valence-corrected chi connectivity index (χ0v) is 11.6. The molecule has 0 aliphatic carbocycles. The lowest BCUT2D eigenvalue weighted by atomic mass is 10.2. The molecule has 0 amide bonds. The summed E-state index contributed by atoms with van der Waals surface area (Å²) in [7, 11) is 0. The summed E-state index contributed by atoms with van der Waals surface area (Å²) in [5, 5.41) is 3.12. The molecule has 2 aromatic rings. The molecular formula is C13H11ClFN3S. The fourth-order valence-corrected chi connectivity index (χ4v) is 1.95. The van der Waals surface area contributed by atoms with E-state index in [9.17, 15) is 4.39 Å². The summed E-state index contributed by atoms with van der Waals surface area (Å²) in [6.45, 7) is 1.80. The van der Waals surface area contributed by atoms with Crippen LogP contribution in [0.25, 0.3) is 0 Å². The monoisotopic (exact) mass is 295 g/mol. The van der Waals surface area contributed by atoms with Crippen molar-refractivity contribution >= 4 is 40.3 Å². The Morgan fingerprint density at radius 3 is 2.79 bits per heavy atom. The summed E-state index contributed by atoms with van der Waals surface area (Å²) in [6.07, 6.45) is 0. The number of nitrogens with one attached hydrogen (secondary N) is 1. The van der Waals surface area contributed by atoms with E-state index in [0.717, 1.165) is 5.69 Å². The fourth-order valence-electron chi connectivity index (χ4n) is 1.62. The number of thiocarbonyl (C=S) groups is 1. The van der Waals surface area contributed by atoms with Crippen LogP contribution in [0.3, 0.4) is 0 Å². The maximum atomic E-state index is 13.7. The number of aromatic nitrogens is 1. The molecule has 1 aromatic carbocycles. The molecule has 1 aromatic heterocycles. The molecule has 3 nitrogen and oxygen atoms in total. The summed E-state index contributed by atoms with van der Waals surface area (Å²) < 4.78 is 13.7. The van der Waals surface area contributed by atoms with Crippen molar-refractivity contribution in [1.29, 1.82) is 0 Å². The third-order valence-corrected chi connectivity index (χ3v) is 3.00. The van der Waals surface area contributed by atoms with E-state index in [1.807, 2.05) is 0 Å². The van der Waals surface area contributed by atoms with Crippen LogP contribution < -0.4 is 11.1 Å². The van der Waals surface area contributed by atoms with Gasteiger partial charge < -0.3 is 11.1 Å². The minimum absolute atomic E-state index is 0.177. The fraction of sp³-hybridized carbons (Fsp3) is 0.0769. The molecule has 19 heavy (non-hydrogen) atoms. The van der Waals surface area contributed by atoms with Gasteiger partial charge in [0.05, 0.1) is 10.7 Å². The molecule has 0 atom stereocenters. The molecular weight excluding hydrogens is 285 g/mol. The molecule has 0 spiro atoms.